The molecule has 1 amide bonds. The molecule has 212 valence electrons. The number of likely N-dealkylation sites (N-methyl/N-ethyl adjacent to an activating group) is 1. The van der Waals surface area contributed by atoms with E-state index in [1.807, 2.05) is 41.6 Å². The van der Waals surface area contributed by atoms with Crippen molar-refractivity contribution in [3.05, 3.63) is 53.3 Å². The second kappa shape index (κ2) is 10.6. The number of nitrogens with two attached hydrogens (primary N) is 1. The van der Waals surface area contributed by atoms with Gasteiger partial charge in [0.25, 0.3) is 0 Å². The van der Waals surface area contributed by atoms with Crippen LogP contribution in [0.3, 0.4) is 0 Å². The molecule has 41 heavy (non-hydrogen) atoms. The first-order valence-corrected chi connectivity index (χ1v) is 13.7. The Morgan fingerprint density at radius 1 is 1.17 bits per heavy atom. The third-order valence-electron chi connectivity index (χ3n) is 7.42. The number of aromatic nitrogens is 5. The first-order valence-electron chi connectivity index (χ1n) is 13.3. The summed E-state index contributed by atoms with van der Waals surface area (Å²) in [6.07, 6.45) is 2.76. The summed E-state index contributed by atoms with van der Waals surface area (Å²) >= 11 is 6.22. The summed E-state index contributed by atoms with van der Waals surface area (Å²) in [5.74, 6) is 1.29. The Labute approximate surface area is 243 Å². The lowest BCUT2D eigenvalue weighted by atomic mass is 9.80. The van der Waals surface area contributed by atoms with Gasteiger partial charge in [-0.1, -0.05) is 18.5 Å². The fraction of sp³-hybridized carbons (Fsp3) is 0.379. The van der Waals surface area contributed by atoms with Gasteiger partial charge in [-0.05, 0) is 63.1 Å². The minimum atomic E-state index is -0.989. The predicted octanol–water partition coefficient (Wildman–Crippen LogP) is 3.70. The van der Waals surface area contributed by atoms with Crippen LogP contribution in [-0.2, 0) is 4.79 Å². The van der Waals surface area contributed by atoms with Gasteiger partial charge in [-0.25, -0.2) is 9.97 Å². The maximum absolute atomic E-state index is 12.1. The van der Waals surface area contributed by atoms with Crippen molar-refractivity contribution >= 4 is 40.4 Å². The summed E-state index contributed by atoms with van der Waals surface area (Å²) in [6.45, 7) is 6.76. The van der Waals surface area contributed by atoms with E-state index in [9.17, 15) is 15.2 Å². The highest BCUT2D eigenvalue weighted by atomic mass is 35.5. The molecule has 1 aliphatic rings. The zero-order valence-electron chi connectivity index (χ0n) is 23.5. The fourth-order valence-corrected chi connectivity index (χ4v) is 5.18. The molecular formula is C29H32ClN9O2. The van der Waals surface area contributed by atoms with Crippen LogP contribution in [0.4, 0.5) is 11.8 Å². The molecule has 0 unspecified atom stereocenters. The molecular weight excluding hydrogens is 542 g/mol. The number of nitriles is 1. The third-order valence-corrected chi connectivity index (χ3v) is 7.68. The summed E-state index contributed by atoms with van der Waals surface area (Å²) in [7, 11) is 1.83. The van der Waals surface area contributed by atoms with Crippen molar-refractivity contribution in [1.82, 2.24) is 24.5 Å². The van der Waals surface area contributed by atoms with E-state index in [4.69, 9.17) is 32.3 Å². The van der Waals surface area contributed by atoms with Crippen molar-refractivity contribution in [3.63, 3.8) is 0 Å². The molecule has 0 radical (unpaired) electrons. The average molecular weight is 574 g/mol. The monoisotopic (exact) mass is 573 g/mol. The van der Waals surface area contributed by atoms with E-state index in [0.717, 1.165) is 5.69 Å². The van der Waals surface area contributed by atoms with E-state index in [0.29, 0.717) is 77.5 Å². The molecule has 0 saturated carbocycles. The number of hydrogen-bond acceptors (Lipinski definition) is 9. The standard InChI is InChI=1S/C29H32ClN9O2/c1-28(2,41)17-37(4)27-35-24(38-13-11-29(3,12-14-38)26(32)40)22-25(36-27)39(21-9-6-19(30)7-10-21)23(34-22)18-5-8-20(15-31)33-16-18/h5-10,16,41H,11-14,17H2,1-4H3,(H2,32,40). The number of carbonyl (C=O) groups is 1. The smallest absolute Gasteiger partial charge is 0.229 e. The molecule has 1 fully saturated rings. The molecule has 4 aromatic rings. The molecule has 0 aliphatic carbocycles. The van der Waals surface area contributed by atoms with Gasteiger partial charge in [0.2, 0.25) is 11.9 Å². The lowest BCUT2D eigenvalue weighted by Crippen LogP contribution is -2.46. The number of piperidine rings is 1. The number of pyridine rings is 1. The van der Waals surface area contributed by atoms with Crippen molar-refractivity contribution in [3.8, 4) is 23.1 Å². The number of carbonyl (C=O) groups excluding carboxylic acids is 1. The number of nitrogens with zero attached hydrogens (tertiary/aromatic N) is 8. The lowest BCUT2D eigenvalue weighted by Gasteiger charge is -2.38. The molecule has 0 atom stereocenters. The molecule has 4 heterocycles. The zero-order chi connectivity index (χ0) is 29.5. The van der Waals surface area contributed by atoms with Crippen LogP contribution in [0, 0.1) is 16.7 Å². The maximum Gasteiger partial charge on any atom is 0.229 e. The number of amides is 1. The van der Waals surface area contributed by atoms with Crippen molar-refractivity contribution in [1.29, 1.82) is 5.26 Å². The normalized spacial score (nSPS) is 15.1. The Morgan fingerprint density at radius 3 is 2.41 bits per heavy atom. The molecule has 3 N–H and O–H groups in total. The molecule has 0 bridgehead atoms. The number of benzene rings is 1. The van der Waals surface area contributed by atoms with E-state index < -0.39 is 11.0 Å². The quantitative estimate of drug-likeness (QED) is 0.337. The van der Waals surface area contributed by atoms with Crippen molar-refractivity contribution in [2.24, 2.45) is 11.1 Å². The molecule has 12 heteroatoms. The Balaban J connectivity index is 1.75. The van der Waals surface area contributed by atoms with Gasteiger partial charge >= 0.3 is 0 Å². The maximum atomic E-state index is 12.1. The van der Waals surface area contributed by atoms with E-state index >= 15 is 0 Å². The van der Waals surface area contributed by atoms with Crippen LogP contribution in [-0.4, -0.2) is 67.8 Å². The number of halogens is 1. The van der Waals surface area contributed by atoms with Crippen LogP contribution in [0.1, 0.15) is 39.3 Å². The van der Waals surface area contributed by atoms with E-state index in [2.05, 4.69) is 9.88 Å². The van der Waals surface area contributed by atoms with Crippen molar-refractivity contribution in [2.75, 3.05) is 36.5 Å². The second-order valence-corrected chi connectivity index (χ2v) is 11.8. The van der Waals surface area contributed by atoms with Crippen molar-refractivity contribution < 1.29 is 9.90 Å². The summed E-state index contributed by atoms with van der Waals surface area (Å²) in [4.78, 5) is 35.2. The number of fused-ring (bicyclic) bond motifs is 1. The number of primary amides is 1. The first-order chi connectivity index (χ1) is 19.4. The van der Waals surface area contributed by atoms with Gasteiger partial charge in [-0.3, -0.25) is 9.36 Å². The van der Waals surface area contributed by atoms with Crippen LogP contribution in [0.5, 0.6) is 0 Å². The van der Waals surface area contributed by atoms with Gasteiger partial charge in [0, 0.05) is 54.6 Å². The van der Waals surface area contributed by atoms with Gasteiger partial charge in [0.1, 0.15) is 17.6 Å². The Kier molecular flexibility index (Phi) is 7.32. The van der Waals surface area contributed by atoms with Crippen LogP contribution < -0.4 is 15.5 Å². The summed E-state index contributed by atoms with van der Waals surface area (Å²) < 4.78 is 1.92. The first kappa shape index (κ1) is 28.3. The number of imidazole rings is 1. The SMILES string of the molecule is CN(CC(C)(C)O)c1nc(N2CCC(C)(C(N)=O)CC2)c2nc(-c3ccc(C#N)nc3)n(-c3ccc(Cl)cc3)c2n1. The van der Waals surface area contributed by atoms with Gasteiger partial charge in [-0.2, -0.15) is 15.2 Å². The van der Waals surface area contributed by atoms with Gasteiger partial charge in [0.15, 0.2) is 17.0 Å². The van der Waals surface area contributed by atoms with Gasteiger partial charge in [-0.15, -0.1) is 0 Å². The summed E-state index contributed by atoms with van der Waals surface area (Å²) in [6, 6.07) is 12.8. The topological polar surface area (TPSA) is 150 Å². The van der Waals surface area contributed by atoms with Crippen molar-refractivity contribution in [2.45, 2.75) is 39.2 Å². The average Bonchev–Trinajstić information content (AvgIpc) is 3.32. The molecule has 1 saturated heterocycles. The van der Waals surface area contributed by atoms with E-state index in [1.54, 1.807) is 44.3 Å². The predicted molar refractivity (Wildman–Crippen MR) is 158 cm³/mol. The molecule has 1 aromatic carbocycles. The largest absolute Gasteiger partial charge is 0.389 e. The second-order valence-electron chi connectivity index (χ2n) is 11.4. The minimum Gasteiger partial charge on any atom is -0.389 e. The Hall–Kier alpha value is -4.27. The van der Waals surface area contributed by atoms with Gasteiger partial charge in [0.05, 0.1) is 5.60 Å². The number of rotatable bonds is 7. The van der Waals surface area contributed by atoms with Gasteiger partial charge < -0.3 is 20.6 Å². The van der Waals surface area contributed by atoms with Crippen LogP contribution >= 0.6 is 11.6 Å². The van der Waals surface area contributed by atoms with E-state index in [-0.39, 0.29) is 5.91 Å². The molecule has 11 nitrogen and oxygen atoms in total. The highest BCUT2D eigenvalue weighted by molar-refractivity contribution is 6.30. The third kappa shape index (κ3) is 5.66. The Bertz CT molecular complexity index is 1630. The fourth-order valence-electron chi connectivity index (χ4n) is 5.05. The molecule has 5 rings (SSSR count). The molecule has 0 spiro atoms. The number of hydrogen-bond donors (Lipinski definition) is 2. The highest BCUT2D eigenvalue weighted by Gasteiger charge is 2.37. The minimum absolute atomic E-state index is 0.291. The molecule has 3 aromatic heterocycles. The highest BCUT2D eigenvalue weighted by Crippen LogP contribution is 2.37. The number of anilines is 2. The molecule has 1 aliphatic heterocycles. The van der Waals surface area contributed by atoms with E-state index in [1.165, 1.54) is 0 Å². The number of aliphatic hydroxyl groups is 1. The summed E-state index contributed by atoms with van der Waals surface area (Å²) in [5, 5.41) is 20.4. The zero-order valence-corrected chi connectivity index (χ0v) is 24.2. The van der Waals surface area contributed by atoms with Crippen LogP contribution in [0.25, 0.3) is 28.2 Å². The van der Waals surface area contributed by atoms with Crippen LogP contribution in [0.15, 0.2) is 42.6 Å². The Morgan fingerprint density at radius 2 is 1.85 bits per heavy atom. The lowest BCUT2D eigenvalue weighted by molar-refractivity contribution is -0.127. The summed E-state index contributed by atoms with van der Waals surface area (Å²) in [5.41, 5.74) is 7.02. The van der Waals surface area contributed by atoms with Crippen LogP contribution in [0.2, 0.25) is 5.02 Å².